The summed E-state index contributed by atoms with van der Waals surface area (Å²) in [6.07, 6.45) is 1.64. The average Bonchev–Trinajstić information content (AvgIpc) is 2.68. The lowest BCUT2D eigenvalue weighted by Crippen LogP contribution is -2.53. The molecule has 2 aromatic carbocycles. The van der Waals surface area contributed by atoms with Gasteiger partial charge in [-0.1, -0.05) is 35.9 Å². The summed E-state index contributed by atoms with van der Waals surface area (Å²) >= 11 is 0. The number of rotatable bonds is 3. The van der Waals surface area contributed by atoms with Gasteiger partial charge < -0.3 is 4.90 Å². The highest BCUT2D eigenvalue weighted by molar-refractivity contribution is 7.89. The summed E-state index contributed by atoms with van der Waals surface area (Å²) in [5.41, 5.74) is 2.89. The van der Waals surface area contributed by atoms with Crippen LogP contribution in [-0.2, 0) is 10.0 Å². The predicted molar refractivity (Wildman–Crippen MR) is 108 cm³/mol. The van der Waals surface area contributed by atoms with Crippen LogP contribution >= 0.6 is 0 Å². The number of hydrogen-bond acceptors (Lipinski definition) is 4. The van der Waals surface area contributed by atoms with Crippen LogP contribution in [0.1, 0.15) is 12.5 Å². The fraction of sp³-hybridized carbons (Fsp3) is 0.286. The summed E-state index contributed by atoms with van der Waals surface area (Å²) in [6.45, 7) is 5.73. The molecule has 4 rings (SSSR count). The van der Waals surface area contributed by atoms with Gasteiger partial charge in [-0.2, -0.15) is 4.31 Å². The lowest BCUT2D eigenvalue weighted by molar-refractivity contribution is 0.343. The molecule has 3 aromatic rings. The number of pyridine rings is 1. The number of hydrogen-bond donors (Lipinski definition) is 0. The minimum Gasteiger partial charge on any atom is -0.366 e. The molecule has 0 bridgehead atoms. The van der Waals surface area contributed by atoms with E-state index < -0.39 is 10.0 Å². The molecule has 6 heteroatoms. The largest absolute Gasteiger partial charge is 0.366 e. The van der Waals surface area contributed by atoms with E-state index in [4.69, 9.17) is 0 Å². The Bertz CT molecular complexity index is 1060. The van der Waals surface area contributed by atoms with Crippen LogP contribution in [-0.4, -0.2) is 43.4 Å². The molecule has 0 amide bonds. The zero-order valence-corrected chi connectivity index (χ0v) is 16.4. The van der Waals surface area contributed by atoms with Crippen molar-refractivity contribution in [2.45, 2.75) is 24.8 Å². The molecular formula is C21H23N3O2S. The highest BCUT2D eigenvalue weighted by atomic mass is 32.2. The first-order valence-electron chi connectivity index (χ1n) is 9.14. The Hall–Kier alpha value is -2.44. The third-order valence-corrected chi connectivity index (χ3v) is 7.07. The van der Waals surface area contributed by atoms with E-state index in [0.29, 0.717) is 25.2 Å². The highest BCUT2D eigenvalue weighted by Crippen LogP contribution is 2.27. The van der Waals surface area contributed by atoms with Crippen LogP contribution in [0.2, 0.25) is 0 Å². The third kappa shape index (κ3) is 3.31. The Morgan fingerprint density at radius 3 is 2.48 bits per heavy atom. The summed E-state index contributed by atoms with van der Waals surface area (Å²) in [7, 11) is -3.59. The Labute approximate surface area is 160 Å². The van der Waals surface area contributed by atoms with Gasteiger partial charge in [0.05, 0.1) is 5.52 Å². The van der Waals surface area contributed by atoms with Gasteiger partial charge in [-0.25, -0.2) is 8.42 Å². The second kappa shape index (κ2) is 6.94. The number of benzene rings is 2. The van der Waals surface area contributed by atoms with E-state index in [9.17, 15) is 8.42 Å². The fourth-order valence-electron chi connectivity index (χ4n) is 3.69. The van der Waals surface area contributed by atoms with Gasteiger partial charge in [0.25, 0.3) is 0 Å². The molecule has 140 valence electrons. The molecule has 5 nitrogen and oxygen atoms in total. The van der Waals surface area contributed by atoms with Crippen LogP contribution in [0.3, 0.4) is 0 Å². The van der Waals surface area contributed by atoms with Crippen molar-refractivity contribution in [3.63, 3.8) is 0 Å². The number of aromatic nitrogens is 1. The number of sulfonamides is 1. The molecule has 1 aliphatic heterocycles. The summed E-state index contributed by atoms with van der Waals surface area (Å²) in [5, 5.41) is 0.838. The molecule has 1 aromatic heterocycles. The lowest BCUT2D eigenvalue weighted by Gasteiger charge is -2.40. The monoisotopic (exact) mass is 381 g/mol. The predicted octanol–water partition coefficient (Wildman–Crippen LogP) is 3.44. The topological polar surface area (TPSA) is 53.5 Å². The van der Waals surface area contributed by atoms with Crippen LogP contribution in [0.4, 0.5) is 5.69 Å². The standard InChI is InChI=1S/C21H23N3O2S/c1-16-8-10-19(11-9-16)24-14-13-23(15-17(24)2)27(25,26)20-7-3-5-18-6-4-12-22-21(18)20/h3-12,17H,13-15H2,1-2H3. The summed E-state index contributed by atoms with van der Waals surface area (Å²) in [5.74, 6) is 0. The van der Waals surface area contributed by atoms with Crippen molar-refractivity contribution in [3.8, 4) is 0 Å². The molecule has 0 radical (unpaired) electrons. The normalized spacial score (nSPS) is 18.7. The molecule has 0 spiro atoms. The molecule has 0 aliphatic carbocycles. The summed E-state index contributed by atoms with van der Waals surface area (Å²) in [6, 6.07) is 17.5. The summed E-state index contributed by atoms with van der Waals surface area (Å²) < 4.78 is 28.2. The molecule has 1 unspecified atom stereocenters. The fourth-order valence-corrected chi connectivity index (χ4v) is 5.36. The number of piperazine rings is 1. The second-order valence-electron chi connectivity index (χ2n) is 7.07. The van der Waals surface area contributed by atoms with Crippen LogP contribution in [0.5, 0.6) is 0 Å². The molecule has 1 fully saturated rings. The number of fused-ring (bicyclic) bond motifs is 1. The van der Waals surface area contributed by atoms with Crippen LogP contribution in [0.25, 0.3) is 10.9 Å². The van der Waals surface area contributed by atoms with Crippen molar-refractivity contribution < 1.29 is 8.42 Å². The van der Waals surface area contributed by atoms with Gasteiger partial charge >= 0.3 is 0 Å². The van der Waals surface area contributed by atoms with E-state index in [2.05, 4.69) is 48.0 Å². The van der Waals surface area contributed by atoms with Crippen molar-refractivity contribution in [1.82, 2.24) is 9.29 Å². The Balaban J connectivity index is 1.62. The zero-order valence-electron chi connectivity index (χ0n) is 15.5. The van der Waals surface area contributed by atoms with E-state index in [1.165, 1.54) is 5.56 Å². The first-order valence-corrected chi connectivity index (χ1v) is 10.6. The Morgan fingerprint density at radius 2 is 1.74 bits per heavy atom. The molecule has 0 N–H and O–H groups in total. The van der Waals surface area contributed by atoms with Gasteiger partial charge in [0.2, 0.25) is 10.0 Å². The van der Waals surface area contributed by atoms with Gasteiger partial charge in [-0.15, -0.1) is 0 Å². The highest BCUT2D eigenvalue weighted by Gasteiger charge is 2.33. The minimum absolute atomic E-state index is 0.0965. The van der Waals surface area contributed by atoms with Gasteiger partial charge in [0.1, 0.15) is 4.90 Å². The van der Waals surface area contributed by atoms with Crippen molar-refractivity contribution in [1.29, 1.82) is 0 Å². The van der Waals surface area contributed by atoms with Crippen molar-refractivity contribution in [2.75, 3.05) is 24.5 Å². The number of aryl methyl sites for hydroxylation is 1. The van der Waals surface area contributed by atoms with Crippen LogP contribution in [0.15, 0.2) is 65.7 Å². The molecule has 0 saturated carbocycles. The maximum Gasteiger partial charge on any atom is 0.245 e. The minimum atomic E-state index is -3.59. The van der Waals surface area contributed by atoms with Crippen LogP contribution in [0, 0.1) is 6.92 Å². The van der Waals surface area contributed by atoms with Crippen molar-refractivity contribution >= 4 is 26.6 Å². The summed E-state index contributed by atoms with van der Waals surface area (Å²) in [4.78, 5) is 6.87. The number of para-hydroxylation sites is 1. The van der Waals surface area contributed by atoms with Crippen molar-refractivity contribution in [2.24, 2.45) is 0 Å². The van der Waals surface area contributed by atoms with E-state index in [1.54, 1.807) is 22.6 Å². The SMILES string of the molecule is Cc1ccc(N2CCN(S(=O)(=O)c3cccc4cccnc34)CC2C)cc1. The lowest BCUT2D eigenvalue weighted by atomic mass is 10.1. The molecule has 1 aliphatic rings. The first kappa shape index (κ1) is 17.9. The van der Waals surface area contributed by atoms with Gasteiger partial charge in [0.15, 0.2) is 0 Å². The maximum atomic E-state index is 13.3. The zero-order chi connectivity index (χ0) is 19.0. The van der Waals surface area contributed by atoms with E-state index in [1.807, 2.05) is 18.2 Å². The molecule has 1 saturated heterocycles. The van der Waals surface area contributed by atoms with Gasteiger partial charge in [-0.3, -0.25) is 4.98 Å². The van der Waals surface area contributed by atoms with Gasteiger partial charge in [0, 0.05) is 42.9 Å². The Morgan fingerprint density at radius 1 is 1.00 bits per heavy atom. The third-order valence-electron chi connectivity index (χ3n) is 5.17. The van der Waals surface area contributed by atoms with Crippen molar-refractivity contribution in [3.05, 3.63) is 66.4 Å². The van der Waals surface area contributed by atoms with E-state index in [0.717, 1.165) is 11.1 Å². The second-order valence-corrected chi connectivity index (χ2v) is 8.98. The van der Waals surface area contributed by atoms with E-state index in [-0.39, 0.29) is 10.9 Å². The smallest absolute Gasteiger partial charge is 0.245 e. The molecular weight excluding hydrogens is 358 g/mol. The number of anilines is 1. The molecule has 1 atom stereocenters. The average molecular weight is 382 g/mol. The van der Waals surface area contributed by atoms with E-state index >= 15 is 0 Å². The maximum absolute atomic E-state index is 13.3. The van der Waals surface area contributed by atoms with Gasteiger partial charge in [-0.05, 0) is 38.1 Å². The quantitative estimate of drug-likeness (QED) is 0.697. The molecule has 2 heterocycles. The van der Waals surface area contributed by atoms with Crippen LogP contribution < -0.4 is 4.90 Å². The molecule has 27 heavy (non-hydrogen) atoms. The Kier molecular flexibility index (Phi) is 4.61. The first-order chi connectivity index (χ1) is 13.0. The number of nitrogens with zero attached hydrogens (tertiary/aromatic N) is 3.